The maximum atomic E-state index is 14.6. The van der Waals surface area contributed by atoms with E-state index in [-0.39, 0.29) is 43.8 Å². The summed E-state index contributed by atoms with van der Waals surface area (Å²) in [4.78, 5) is 51.4. The van der Waals surface area contributed by atoms with Crippen molar-refractivity contribution in [2.24, 2.45) is 17.8 Å². The standard InChI is InChI=1S/C52H95N5O15/c1-15-39-52(10,63)44(60)36(6)53-47(61)32(2)30-50(8,64-13)45(72-49-42(59)38(54(11)12)29-33(3)67-49)34(4)43(35(5)48(62)69-39)71-41-31-51(9,65-14)46(37(7)68-41)70-40(58)17-20-57-23-21-55(22-24-57)18-16-19-56-25-27-66-28-26-56/h32-39,41-46,49,59-60,63H,15-31H2,1-14H3,(H,53,61)/t32-,33-,34+,35-,36-,37+,38+,39-,41+,42-,43+,44-,45-,46+,49+,50-,51-,52-/m1/s1. The van der Waals surface area contributed by atoms with Gasteiger partial charge in [0, 0.05) is 84.3 Å². The zero-order chi connectivity index (χ0) is 53.3. The average molecular weight is 1030 g/mol. The summed E-state index contributed by atoms with van der Waals surface area (Å²) < 4.78 is 57.1. The SMILES string of the molecule is CC[C@H]1OC(=O)[C@H](C)[C@@H](O[C@H]2C[C@@](C)(OC)[C@@H](OC(=O)CCN3CCN(CCCN4CCOCC4)CC3)[C@H](C)O2)[C@H](C)[C@@H](O[C@@H]2O[C@H](C)C[C@H](N(C)C)[C@H]2O)[C@](C)(OC)C[C@@H](C)C(=O)N[C@H](C)[C@@H](O)[C@]1(C)O. The third-order valence-electron chi connectivity index (χ3n) is 16.5. The summed E-state index contributed by atoms with van der Waals surface area (Å²) in [7, 11) is 6.83. The second kappa shape index (κ2) is 26.8. The van der Waals surface area contributed by atoms with Crippen LogP contribution in [0.15, 0.2) is 0 Å². The van der Waals surface area contributed by atoms with Crippen molar-refractivity contribution in [1.29, 1.82) is 0 Å². The number of likely N-dealkylation sites (N-methyl/N-ethyl adjacent to an activating group) is 1. The first-order valence-electron chi connectivity index (χ1n) is 26.8. The van der Waals surface area contributed by atoms with Crippen molar-refractivity contribution < 1.29 is 72.3 Å². The van der Waals surface area contributed by atoms with E-state index < -0.39 is 108 Å². The number of carbonyl (C=O) groups excluding carboxylic acids is 3. The van der Waals surface area contributed by atoms with Crippen molar-refractivity contribution in [3.63, 3.8) is 0 Å². The number of esters is 2. The van der Waals surface area contributed by atoms with Crippen molar-refractivity contribution in [3.05, 3.63) is 0 Å². The Morgan fingerprint density at radius 2 is 1.40 bits per heavy atom. The Morgan fingerprint density at radius 3 is 1.99 bits per heavy atom. The Labute approximate surface area is 430 Å². The first kappa shape index (κ1) is 60.7. The van der Waals surface area contributed by atoms with E-state index in [2.05, 4.69) is 20.0 Å². The summed E-state index contributed by atoms with van der Waals surface area (Å²) in [5, 5.41) is 38.0. The summed E-state index contributed by atoms with van der Waals surface area (Å²) in [6.45, 7) is 27.3. The summed E-state index contributed by atoms with van der Waals surface area (Å²) in [6.07, 6.45) is -7.69. The van der Waals surface area contributed by atoms with Crippen molar-refractivity contribution in [3.8, 4) is 0 Å². The highest BCUT2D eigenvalue weighted by Crippen LogP contribution is 2.41. The van der Waals surface area contributed by atoms with Crippen LogP contribution in [-0.2, 0) is 57.0 Å². The fraction of sp³-hybridized carbons (Fsp3) is 0.942. The second-order valence-corrected chi connectivity index (χ2v) is 22.4. The number of nitrogens with one attached hydrogen (secondary N) is 1. The van der Waals surface area contributed by atoms with E-state index >= 15 is 0 Å². The first-order chi connectivity index (χ1) is 33.9. The maximum Gasteiger partial charge on any atom is 0.311 e. The van der Waals surface area contributed by atoms with Gasteiger partial charge in [0.1, 0.15) is 29.5 Å². The molecule has 0 aromatic rings. The summed E-state index contributed by atoms with van der Waals surface area (Å²) in [5.41, 5.74) is -4.36. The van der Waals surface area contributed by atoms with E-state index in [9.17, 15) is 29.7 Å². The predicted molar refractivity (Wildman–Crippen MR) is 268 cm³/mol. The molecule has 0 aliphatic carbocycles. The lowest BCUT2D eigenvalue weighted by atomic mass is 9.77. The molecule has 5 rings (SSSR count). The van der Waals surface area contributed by atoms with Crippen molar-refractivity contribution in [1.82, 2.24) is 24.9 Å². The van der Waals surface area contributed by atoms with Crippen molar-refractivity contribution >= 4 is 17.8 Å². The Hall–Kier alpha value is -2.15. The summed E-state index contributed by atoms with van der Waals surface area (Å²) >= 11 is 0. The van der Waals surface area contributed by atoms with Gasteiger partial charge in [0.25, 0.3) is 0 Å². The van der Waals surface area contributed by atoms with Gasteiger partial charge >= 0.3 is 11.9 Å². The zero-order valence-electron chi connectivity index (χ0n) is 46.2. The van der Waals surface area contributed by atoms with Gasteiger partial charge in [-0.15, -0.1) is 0 Å². The molecular formula is C52H95N5O15. The third-order valence-corrected chi connectivity index (χ3v) is 16.5. The smallest absolute Gasteiger partial charge is 0.311 e. The van der Waals surface area contributed by atoms with Crippen LogP contribution in [-0.4, -0.2) is 243 Å². The molecule has 1 amide bonds. The molecule has 20 heteroatoms. The quantitative estimate of drug-likeness (QED) is 0.163. The molecule has 5 aliphatic heterocycles. The number of hydrogen-bond acceptors (Lipinski definition) is 19. The van der Waals surface area contributed by atoms with Gasteiger partial charge in [-0.2, -0.15) is 0 Å². The molecule has 0 unspecified atom stereocenters. The molecule has 5 aliphatic rings. The molecule has 5 fully saturated rings. The molecule has 4 N–H and O–H groups in total. The number of ether oxygens (including phenoxy) is 9. The molecule has 5 heterocycles. The Kier molecular flexibility index (Phi) is 22.6. The summed E-state index contributed by atoms with van der Waals surface area (Å²) in [6, 6.07) is -1.26. The van der Waals surface area contributed by atoms with Gasteiger partial charge in [-0.1, -0.05) is 20.8 Å². The molecule has 418 valence electrons. The monoisotopic (exact) mass is 1030 g/mol. The van der Waals surface area contributed by atoms with Gasteiger partial charge in [-0.3, -0.25) is 19.3 Å². The van der Waals surface area contributed by atoms with Crippen LogP contribution < -0.4 is 5.32 Å². The fourth-order valence-electron chi connectivity index (χ4n) is 11.7. The topological polar surface area (TPSA) is 220 Å². The number of amides is 1. The van der Waals surface area contributed by atoms with E-state index in [0.29, 0.717) is 13.0 Å². The lowest BCUT2D eigenvalue weighted by molar-refractivity contribution is -0.320. The molecular weight excluding hydrogens is 935 g/mol. The number of piperazine rings is 1. The number of cyclic esters (lactones) is 1. The lowest BCUT2D eigenvalue weighted by Gasteiger charge is -2.49. The average Bonchev–Trinajstić information content (AvgIpc) is 3.34. The number of hydrogen-bond donors (Lipinski definition) is 4. The highest BCUT2D eigenvalue weighted by Gasteiger charge is 2.54. The van der Waals surface area contributed by atoms with Crippen molar-refractivity contribution in [2.45, 2.75) is 198 Å². The van der Waals surface area contributed by atoms with Crippen LogP contribution in [0.1, 0.15) is 108 Å². The molecule has 72 heavy (non-hydrogen) atoms. The number of methoxy groups -OCH3 is 2. The Balaban J connectivity index is 1.37. The van der Waals surface area contributed by atoms with Gasteiger partial charge in [0.15, 0.2) is 18.7 Å². The van der Waals surface area contributed by atoms with Gasteiger partial charge in [0.05, 0.1) is 61.6 Å². The van der Waals surface area contributed by atoms with E-state index in [1.165, 1.54) is 14.0 Å². The van der Waals surface area contributed by atoms with Crippen molar-refractivity contribution in [2.75, 3.05) is 100 Å². The number of morpholine rings is 1. The van der Waals surface area contributed by atoms with E-state index in [4.69, 9.17) is 42.6 Å². The minimum absolute atomic E-state index is 0.0832. The molecule has 0 radical (unpaired) electrons. The van der Waals surface area contributed by atoms with Crippen LogP contribution in [0.25, 0.3) is 0 Å². The maximum absolute atomic E-state index is 14.6. The largest absolute Gasteiger partial charge is 0.459 e. The molecule has 0 saturated carbocycles. The minimum atomic E-state index is -1.98. The van der Waals surface area contributed by atoms with Crippen LogP contribution in [0.5, 0.6) is 0 Å². The van der Waals surface area contributed by atoms with Gasteiger partial charge in [-0.05, 0) is 101 Å². The lowest BCUT2D eigenvalue weighted by Crippen LogP contribution is -2.61. The highest BCUT2D eigenvalue weighted by atomic mass is 16.7. The van der Waals surface area contributed by atoms with Gasteiger partial charge < -0.3 is 78.0 Å². The van der Waals surface area contributed by atoms with E-state index in [1.54, 1.807) is 41.7 Å². The van der Waals surface area contributed by atoms with Crippen LogP contribution >= 0.6 is 0 Å². The number of aliphatic hydroxyl groups excluding tert-OH is 2. The van der Waals surface area contributed by atoms with Crippen LogP contribution in [0.4, 0.5) is 0 Å². The van der Waals surface area contributed by atoms with Crippen LogP contribution in [0.3, 0.4) is 0 Å². The molecule has 0 bridgehead atoms. The number of nitrogens with zero attached hydrogens (tertiary/aromatic N) is 4. The molecule has 20 nitrogen and oxygen atoms in total. The van der Waals surface area contributed by atoms with E-state index in [1.807, 2.05) is 46.7 Å². The van der Waals surface area contributed by atoms with E-state index in [0.717, 1.165) is 72.0 Å². The molecule has 0 aromatic carbocycles. The molecule has 5 saturated heterocycles. The first-order valence-corrected chi connectivity index (χ1v) is 26.8. The predicted octanol–water partition coefficient (Wildman–Crippen LogP) is 2.02. The Morgan fingerprint density at radius 1 is 0.819 bits per heavy atom. The summed E-state index contributed by atoms with van der Waals surface area (Å²) in [5.74, 6) is -4.08. The fourth-order valence-corrected chi connectivity index (χ4v) is 11.7. The van der Waals surface area contributed by atoms with Crippen LogP contribution in [0, 0.1) is 17.8 Å². The molecule has 18 atom stereocenters. The minimum Gasteiger partial charge on any atom is -0.459 e. The van der Waals surface area contributed by atoms with Gasteiger partial charge in [-0.25, -0.2) is 0 Å². The number of aliphatic hydroxyl groups is 3. The van der Waals surface area contributed by atoms with Gasteiger partial charge in [0.2, 0.25) is 5.91 Å². The molecule has 0 aromatic heterocycles. The Bertz CT molecular complexity index is 1700. The third kappa shape index (κ3) is 15.3. The normalized spacial score (nSPS) is 42.1. The molecule has 0 spiro atoms. The zero-order valence-corrected chi connectivity index (χ0v) is 46.2. The highest BCUT2D eigenvalue weighted by molar-refractivity contribution is 5.78. The van der Waals surface area contributed by atoms with Crippen LogP contribution in [0.2, 0.25) is 0 Å². The number of carbonyl (C=O) groups is 3. The second-order valence-electron chi connectivity index (χ2n) is 22.4. The number of rotatable bonds is 16.